The summed E-state index contributed by atoms with van der Waals surface area (Å²) in [5, 5.41) is 0.416. The summed E-state index contributed by atoms with van der Waals surface area (Å²) in [6.45, 7) is 0. The van der Waals surface area contributed by atoms with Crippen molar-refractivity contribution in [2.45, 2.75) is 0 Å². The van der Waals surface area contributed by atoms with Gasteiger partial charge in [0.15, 0.2) is 0 Å². The highest BCUT2D eigenvalue weighted by molar-refractivity contribution is 6.69. The van der Waals surface area contributed by atoms with E-state index in [-0.39, 0.29) is 0 Å². The fraction of sp³-hybridized carbons (Fsp3) is 0.0625. The highest BCUT2D eigenvalue weighted by Gasteiger charge is 2.21. The van der Waals surface area contributed by atoms with Crippen LogP contribution in [0.5, 0.6) is 5.75 Å². The monoisotopic (exact) mass is 319 g/mol. The number of fused-ring (bicyclic) bond motifs is 1. The van der Waals surface area contributed by atoms with Crippen LogP contribution in [0, 0.1) is 0 Å². The van der Waals surface area contributed by atoms with Crippen LogP contribution < -0.4 is 4.74 Å². The van der Waals surface area contributed by atoms with Crippen LogP contribution in [0.15, 0.2) is 48.5 Å². The maximum absolute atomic E-state index is 11.7. The van der Waals surface area contributed by atoms with Gasteiger partial charge in [-0.05, 0) is 35.9 Å². The first-order valence-corrected chi connectivity index (χ1v) is 7.02. The van der Waals surface area contributed by atoms with Crippen molar-refractivity contribution in [1.29, 1.82) is 0 Å². The quantitative estimate of drug-likeness (QED) is 0.657. The Hall–Kier alpha value is -1.97. The van der Waals surface area contributed by atoms with E-state index < -0.39 is 5.24 Å². The number of ether oxygens (including phenoxy) is 1. The summed E-state index contributed by atoms with van der Waals surface area (Å²) in [5.41, 5.74) is 1.93. The average Bonchev–Trinajstić information content (AvgIpc) is 2.79. The van der Waals surface area contributed by atoms with Gasteiger partial charge in [0.25, 0.3) is 5.24 Å². The van der Waals surface area contributed by atoms with Crippen molar-refractivity contribution >= 4 is 39.3 Å². The third-order valence-corrected chi connectivity index (χ3v) is 3.88. The van der Waals surface area contributed by atoms with Gasteiger partial charge in [0.05, 0.1) is 18.2 Å². The first-order valence-electron chi connectivity index (χ1n) is 6.26. The van der Waals surface area contributed by atoms with Crippen LogP contribution in [0.2, 0.25) is 5.15 Å². The normalized spacial score (nSPS) is 10.8. The molecule has 0 spiro atoms. The molecule has 21 heavy (non-hydrogen) atoms. The van der Waals surface area contributed by atoms with Gasteiger partial charge >= 0.3 is 0 Å². The number of methoxy groups -OCH3 is 1. The van der Waals surface area contributed by atoms with Crippen molar-refractivity contribution in [2.75, 3.05) is 7.11 Å². The second-order valence-electron chi connectivity index (χ2n) is 4.49. The number of nitrogens with zero attached hydrogens (tertiary/aromatic N) is 1. The number of halogens is 2. The number of rotatable bonds is 3. The summed E-state index contributed by atoms with van der Waals surface area (Å²) < 4.78 is 7.04. The van der Waals surface area contributed by atoms with Crippen LogP contribution in [0.3, 0.4) is 0 Å². The lowest BCUT2D eigenvalue weighted by Gasteiger charge is -2.07. The molecule has 0 fully saturated rings. The minimum atomic E-state index is -0.579. The molecule has 5 heteroatoms. The van der Waals surface area contributed by atoms with Gasteiger partial charge in [-0.1, -0.05) is 29.8 Å². The number of benzene rings is 2. The average molecular weight is 320 g/mol. The number of aromatic nitrogens is 1. The van der Waals surface area contributed by atoms with Gasteiger partial charge in [0.2, 0.25) is 0 Å². The van der Waals surface area contributed by atoms with Crippen molar-refractivity contribution in [1.82, 2.24) is 4.57 Å². The van der Waals surface area contributed by atoms with Crippen molar-refractivity contribution in [2.24, 2.45) is 0 Å². The van der Waals surface area contributed by atoms with Gasteiger partial charge in [-0.3, -0.25) is 9.36 Å². The van der Waals surface area contributed by atoms with Gasteiger partial charge < -0.3 is 4.74 Å². The Bertz CT molecular complexity index is 825. The SMILES string of the molecule is COc1ccc2c(C(=O)Cl)c(Cl)n(-c3ccccc3)c2c1. The molecule has 0 unspecified atom stereocenters. The summed E-state index contributed by atoms with van der Waals surface area (Å²) >= 11 is 12.1. The molecule has 2 aromatic carbocycles. The summed E-state index contributed by atoms with van der Waals surface area (Å²) in [4.78, 5) is 11.7. The van der Waals surface area contributed by atoms with Crippen LogP contribution in [0.25, 0.3) is 16.6 Å². The number of hydrogen-bond acceptors (Lipinski definition) is 2. The Morgan fingerprint density at radius 1 is 1.14 bits per heavy atom. The molecule has 0 saturated heterocycles. The number of carbonyl (C=O) groups excluding carboxylic acids is 1. The third-order valence-electron chi connectivity index (χ3n) is 3.33. The molecule has 0 atom stereocenters. The maximum atomic E-state index is 11.7. The van der Waals surface area contributed by atoms with Crippen LogP contribution in [0.4, 0.5) is 0 Å². The van der Waals surface area contributed by atoms with Gasteiger partial charge in [-0.25, -0.2) is 0 Å². The predicted octanol–water partition coefficient (Wildman–Crippen LogP) is 4.67. The Kier molecular flexibility index (Phi) is 3.62. The number of para-hydroxylation sites is 1. The molecule has 0 amide bonds. The molecule has 0 aliphatic carbocycles. The zero-order valence-electron chi connectivity index (χ0n) is 11.1. The molecule has 1 aromatic heterocycles. The molecule has 1 heterocycles. The molecule has 3 rings (SSSR count). The van der Waals surface area contributed by atoms with Gasteiger partial charge in [0.1, 0.15) is 10.9 Å². The zero-order chi connectivity index (χ0) is 15.0. The van der Waals surface area contributed by atoms with Crippen molar-refractivity contribution in [3.05, 3.63) is 59.2 Å². The molecule has 0 aliphatic heterocycles. The Morgan fingerprint density at radius 2 is 1.86 bits per heavy atom. The Balaban J connectivity index is 2.42. The van der Waals surface area contributed by atoms with E-state index in [1.54, 1.807) is 23.8 Å². The van der Waals surface area contributed by atoms with E-state index in [1.807, 2.05) is 36.4 Å². The molecule has 0 saturated carbocycles. The molecule has 0 N–H and O–H groups in total. The van der Waals surface area contributed by atoms with Crippen molar-refractivity contribution < 1.29 is 9.53 Å². The van der Waals surface area contributed by atoms with Crippen LogP contribution in [-0.4, -0.2) is 16.9 Å². The Morgan fingerprint density at radius 3 is 2.48 bits per heavy atom. The lowest BCUT2D eigenvalue weighted by atomic mass is 10.2. The number of hydrogen-bond donors (Lipinski definition) is 0. The Labute approximate surface area is 131 Å². The number of carbonyl (C=O) groups is 1. The van der Waals surface area contributed by atoms with E-state index in [0.29, 0.717) is 21.9 Å². The molecule has 0 aliphatic rings. The van der Waals surface area contributed by atoms with E-state index in [0.717, 1.165) is 11.2 Å². The zero-order valence-corrected chi connectivity index (χ0v) is 12.7. The van der Waals surface area contributed by atoms with E-state index in [4.69, 9.17) is 27.9 Å². The first kappa shape index (κ1) is 14.0. The summed E-state index contributed by atoms with van der Waals surface area (Å²) in [6, 6.07) is 14.9. The van der Waals surface area contributed by atoms with Gasteiger partial charge in [-0.15, -0.1) is 0 Å². The molecule has 3 nitrogen and oxygen atoms in total. The lowest BCUT2D eigenvalue weighted by molar-refractivity contribution is 0.108. The van der Waals surface area contributed by atoms with E-state index in [1.165, 1.54) is 0 Å². The van der Waals surface area contributed by atoms with Gasteiger partial charge in [-0.2, -0.15) is 0 Å². The largest absolute Gasteiger partial charge is 0.497 e. The molecule has 3 aromatic rings. The molecule has 0 radical (unpaired) electrons. The van der Waals surface area contributed by atoms with Crippen LogP contribution in [0.1, 0.15) is 10.4 Å². The highest BCUT2D eigenvalue weighted by Crippen LogP contribution is 2.35. The minimum Gasteiger partial charge on any atom is -0.497 e. The topological polar surface area (TPSA) is 31.2 Å². The second-order valence-corrected chi connectivity index (χ2v) is 5.19. The van der Waals surface area contributed by atoms with E-state index >= 15 is 0 Å². The highest BCUT2D eigenvalue weighted by atomic mass is 35.5. The first-order chi connectivity index (χ1) is 10.1. The maximum Gasteiger partial charge on any atom is 0.256 e. The fourth-order valence-electron chi connectivity index (χ4n) is 2.38. The van der Waals surface area contributed by atoms with E-state index in [9.17, 15) is 4.79 Å². The molecule has 106 valence electrons. The van der Waals surface area contributed by atoms with Crippen molar-refractivity contribution in [3.8, 4) is 11.4 Å². The van der Waals surface area contributed by atoms with Crippen molar-refractivity contribution in [3.63, 3.8) is 0 Å². The third kappa shape index (κ3) is 2.28. The second kappa shape index (κ2) is 5.43. The predicted molar refractivity (Wildman–Crippen MR) is 85.0 cm³/mol. The summed E-state index contributed by atoms with van der Waals surface area (Å²) in [5.74, 6) is 0.683. The molecular formula is C16H11Cl2NO2. The summed E-state index contributed by atoms with van der Waals surface area (Å²) in [7, 11) is 1.59. The minimum absolute atomic E-state index is 0.296. The van der Waals surface area contributed by atoms with E-state index in [2.05, 4.69) is 0 Å². The lowest BCUT2D eigenvalue weighted by Crippen LogP contribution is -1.95. The van der Waals surface area contributed by atoms with Gasteiger partial charge in [0, 0.05) is 17.1 Å². The van der Waals surface area contributed by atoms with Crippen LogP contribution >= 0.6 is 23.2 Å². The standard InChI is InChI=1S/C16H11Cl2NO2/c1-21-11-7-8-12-13(9-11)19(10-5-3-2-4-6-10)15(17)14(12)16(18)20/h2-9H,1H3. The van der Waals surface area contributed by atoms with Crippen LogP contribution in [-0.2, 0) is 0 Å². The smallest absolute Gasteiger partial charge is 0.256 e. The molecular weight excluding hydrogens is 309 g/mol. The summed E-state index contributed by atoms with van der Waals surface area (Å²) in [6.07, 6.45) is 0. The molecule has 0 bridgehead atoms. The fourth-order valence-corrected chi connectivity index (χ4v) is 3.00.